The number of alkyl halides is 3. The summed E-state index contributed by atoms with van der Waals surface area (Å²) in [7, 11) is 1.46. The Kier molecular flexibility index (Phi) is 4.22. The zero-order chi connectivity index (χ0) is 15.7. The SMILES string of the molecule is CCN(Cc1nc(COC)no1)C(=O)C1(C(F)(F)F)CC1. The van der Waals surface area contributed by atoms with Gasteiger partial charge in [-0.25, -0.2) is 0 Å². The van der Waals surface area contributed by atoms with Crippen molar-refractivity contribution in [2.24, 2.45) is 5.41 Å². The van der Waals surface area contributed by atoms with Crippen LogP contribution in [0, 0.1) is 5.41 Å². The summed E-state index contributed by atoms with van der Waals surface area (Å²) in [5.41, 5.74) is -2.22. The third-order valence-corrected chi connectivity index (χ3v) is 3.48. The highest BCUT2D eigenvalue weighted by Gasteiger charge is 2.69. The van der Waals surface area contributed by atoms with Gasteiger partial charge in [0.2, 0.25) is 11.8 Å². The molecular formula is C12H16F3N3O3. The Morgan fingerprint density at radius 3 is 2.62 bits per heavy atom. The molecule has 1 aliphatic rings. The molecule has 0 aliphatic heterocycles. The molecule has 118 valence electrons. The molecule has 1 fully saturated rings. The molecule has 0 bridgehead atoms. The molecule has 2 rings (SSSR count). The summed E-state index contributed by atoms with van der Waals surface area (Å²) in [4.78, 5) is 17.2. The lowest BCUT2D eigenvalue weighted by Crippen LogP contribution is -2.43. The molecule has 6 nitrogen and oxygen atoms in total. The van der Waals surface area contributed by atoms with Gasteiger partial charge >= 0.3 is 6.18 Å². The number of hydrogen-bond donors (Lipinski definition) is 0. The Balaban J connectivity index is 2.07. The monoisotopic (exact) mass is 307 g/mol. The van der Waals surface area contributed by atoms with Crippen LogP contribution in [0.2, 0.25) is 0 Å². The lowest BCUT2D eigenvalue weighted by atomic mass is 10.0. The lowest BCUT2D eigenvalue weighted by Gasteiger charge is -2.26. The summed E-state index contributed by atoms with van der Waals surface area (Å²) in [6.07, 6.45) is -4.84. The smallest absolute Gasteiger partial charge is 0.377 e. The van der Waals surface area contributed by atoms with E-state index in [1.54, 1.807) is 6.92 Å². The first-order valence-corrected chi connectivity index (χ1v) is 6.50. The Hall–Kier alpha value is -1.64. The van der Waals surface area contributed by atoms with Gasteiger partial charge in [-0.05, 0) is 19.8 Å². The van der Waals surface area contributed by atoms with Crippen LogP contribution in [-0.2, 0) is 22.7 Å². The number of halogens is 3. The number of nitrogens with zero attached hydrogens (tertiary/aromatic N) is 3. The van der Waals surface area contributed by atoms with E-state index in [0.717, 1.165) is 4.90 Å². The molecule has 0 atom stereocenters. The topological polar surface area (TPSA) is 68.5 Å². The summed E-state index contributed by atoms with van der Waals surface area (Å²) < 4.78 is 48.6. The van der Waals surface area contributed by atoms with Gasteiger partial charge in [0, 0.05) is 13.7 Å². The van der Waals surface area contributed by atoms with Crippen molar-refractivity contribution in [2.75, 3.05) is 13.7 Å². The molecule has 1 aliphatic carbocycles. The minimum atomic E-state index is -4.52. The fourth-order valence-electron chi connectivity index (χ4n) is 2.08. The number of amides is 1. The molecule has 1 saturated carbocycles. The summed E-state index contributed by atoms with van der Waals surface area (Å²) >= 11 is 0. The zero-order valence-corrected chi connectivity index (χ0v) is 11.7. The van der Waals surface area contributed by atoms with Gasteiger partial charge in [-0.3, -0.25) is 4.79 Å². The van der Waals surface area contributed by atoms with Gasteiger partial charge in [-0.2, -0.15) is 18.2 Å². The van der Waals surface area contributed by atoms with Crippen molar-refractivity contribution in [1.29, 1.82) is 0 Å². The Bertz CT molecular complexity index is 511. The number of carbonyl (C=O) groups excluding carboxylic acids is 1. The van der Waals surface area contributed by atoms with Crippen LogP contribution in [-0.4, -0.2) is 40.8 Å². The molecule has 1 aromatic heterocycles. The zero-order valence-electron chi connectivity index (χ0n) is 11.7. The van der Waals surface area contributed by atoms with Crippen molar-refractivity contribution in [2.45, 2.75) is 39.1 Å². The Morgan fingerprint density at radius 1 is 1.48 bits per heavy atom. The van der Waals surface area contributed by atoms with E-state index in [0.29, 0.717) is 0 Å². The summed E-state index contributed by atoms with van der Waals surface area (Å²) in [6.45, 7) is 1.75. The minimum Gasteiger partial charge on any atom is -0.377 e. The highest BCUT2D eigenvalue weighted by atomic mass is 19.4. The Morgan fingerprint density at radius 2 is 2.14 bits per heavy atom. The van der Waals surface area contributed by atoms with Crippen molar-refractivity contribution in [3.63, 3.8) is 0 Å². The van der Waals surface area contributed by atoms with Crippen LogP contribution in [0.4, 0.5) is 13.2 Å². The predicted octanol–water partition coefficient (Wildman–Crippen LogP) is 1.91. The summed E-state index contributed by atoms with van der Waals surface area (Å²) in [5.74, 6) is -0.549. The van der Waals surface area contributed by atoms with Crippen LogP contribution in [0.15, 0.2) is 4.52 Å². The van der Waals surface area contributed by atoms with Gasteiger partial charge in [0.25, 0.3) is 0 Å². The average Bonchev–Trinajstić information content (AvgIpc) is 3.13. The highest BCUT2D eigenvalue weighted by Crippen LogP contribution is 2.58. The molecular weight excluding hydrogens is 291 g/mol. The van der Waals surface area contributed by atoms with Crippen molar-refractivity contribution in [3.05, 3.63) is 11.7 Å². The van der Waals surface area contributed by atoms with E-state index >= 15 is 0 Å². The molecule has 0 N–H and O–H groups in total. The fraction of sp³-hybridized carbons (Fsp3) is 0.750. The number of rotatable bonds is 6. The van der Waals surface area contributed by atoms with E-state index in [1.807, 2.05) is 0 Å². The number of carbonyl (C=O) groups is 1. The highest BCUT2D eigenvalue weighted by molar-refractivity contribution is 5.86. The van der Waals surface area contributed by atoms with Crippen LogP contribution < -0.4 is 0 Å². The van der Waals surface area contributed by atoms with Crippen molar-refractivity contribution < 1.29 is 27.2 Å². The van der Waals surface area contributed by atoms with Crippen LogP contribution in [0.3, 0.4) is 0 Å². The summed E-state index contributed by atoms with van der Waals surface area (Å²) in [6, 6.07) is 0. The normalized spacial score (nSPS) is 16.8. The van der Waals surface area contributed by atoms with Gasteiger partial charge < -0.3 is 14.2 Å². The molecule has 0 unspecified atom stereocenters. The second-order valence-electron chi connectivity index (χ2n) is 4.94. The third kappa shape index (κ3) is 3.02. The largest absolute Gasteiger partial charge is 0.403 e. The minimum absolute atomic E-state index is 0.0928. The number of methoxy groups -OCH3 is 1. The molecule has 1 aromatic rings. The molecule has 9 heteroatoms. The van der Waals surface area contributed by atoms with Gasteiger partial charge in [0.05, 0.1) is 6.54 Å². The number of hydrogen-bond acceptors (Lipinski definition) is 5. The number of aromatic nitrogens is 2. The van der Waals surface area contributed by atoms with Crippen LogP contribution in [0.1, 0.15) is 31.5 Å². The first-order valence-electron chi connectivity index (χ1n) is 6.50. The van der Waals surface area contributed by atoms with Crippen molar-refractivity contribution >= 4 is 5.91 Å². The molecule has 0 aromatic carbocycles. The second kappa shape index (κ2) is 5.63. The van der Waals surface area contributed by atoms with E-state index in [9.17, 15) is 18.0 Å². The first kappa shape index (κ1) is 15.7. The molecule has 0 saturated heterocycles. The van der Waals surface area contributed by atoms with Crippen LogP contribution in [0.25, 0.3) is 0 Å². The Labute approximate surface area is 119 Å². The second-order valence-corrected chi connectivity index (χ2v) is 4.94. The van der Waals surface area contributed by atoms with E-state index < -0.39 is 17.5 Å². The average molecular weight is 307 g/mol. The van der Waals surface area contributed by atoms with Crippen molar-refractivity contribution in [3.8, 4) is 0 Å². The first-order chi connectivity index (χ1) is 9.84. The number of ether oxygens (including phenoxy) is 1. The maximum Gasteiger partial charge on any atom is 0.403 e. The summed E-state index contributed by atoms with van der Waals surface area (Å²) in [5, 5.41) is 3.61. The maximum absolute atomic E-state index is 13.0. The standard InChI is InChI=1S/C12H16F3N3O3/c1-3-18(6-9-16-8(7-20-2)17-21-9)10(19)11(4-5-11)12(13,14)15/h3-7H2,1-2H3. The molecule has 1 amide bonds. The third-order valence-electron chi connectivity index (χ3n) is 3.48. The lowest BCUT2D eigenvalue weighted by molar-refractivity contribution is -0.199. The van der Waals surface area contributed by atoms with E-state index in [4.69, 9.17) is 9.26 Å². The van der Waals surface area contributed by atoms with Gasteiger partial charge in [0.15, 0.2) is 5.82 Å². The van der Waals surface area contributed by atoms with E-state index in [2.05, 4.69) is 10.1 Å². The molecule has 1 heterocycles. The molecule has 0 radical (unpaired) electrons. The molecule has 0 spiro atoms. The van der Waals surface area contributed by atoms with Crippen LogP contribution >= 0.6 is 0 Å². The van der Waals surface area contributed by atoms with Gasteiger partial charge in [-0.1, -0.05) is 5.16 Å². The maximum atomic E-state index is 13.0. The fourth-order valence-corrected chi connectivity index (χ4v) is 2.08. The predicted molar refractivity (Wildman–Crippen MR) is 63.8 cm³/mol. The van der Waals surface area contributed by atoms with E-state index in [1.165, 1.54) is 7.11 Å². The van der Waals surface area contributed by atoms with Gasteiger partial charge in [-0.15, -0.1) is 0 Å². The van der Waals surface area contributed by atoms with Crippen molar-refractivity contribution in [1.82, 2.24) is 15.0 Å². The quantitative estimate of drug-likeness (QED) is 0.803. The van der Waals surface area contributed by atoms with E-state index in [-0.39, 0.29) is 44.3 Å². The van der Waals surface area contributed by atoms with Gasteiger partial charge in [0.1, 0.15) is 12.0 Å². The van der Waals surface area contributed by atoms with Crippen LogP contribution in [0.5, 0.6) is 0 Å². The molecule has 21 heavy (non-hydrogen) atoms.